The van der Waals surface area contributed by atoms with Crippen molar-refractivity contribution < 1.29 is 4.74 Å². The molecular weight excluding hydrogens is 220 g/mol. The molecule has 1 aromatic heterocycles. The van der Waals surface area contributed by atoms with Gasteiger partial charge in [-0.15, -0.1) is 0 Å². The van der Waals surface area contributed by atoms with Gasteiger partial charge in [-0.1, -0.05) is 0 Å². The SMILES string of the molecule is CCn1ccnc(N2CCOCC2CN)c1=O. The molecule has 0 saturated carbocycles. The van der Waals surface area contributed by atoms with Gasteiger partial charge in [0.25, 0.3) is 5.56 Å². The molecule has 0 aromatic carbocycles. The molecule has 2 rings (SSSR count). The number of aromatic nitrogens is 2. The summed E-state index contributed by atoms with van der Waals surface area (Å²) in [6, 6.07) is 0.0386. The van der Waals surface area contributed by atoms with Gasteiger partial charge >= 0.3 is 0 Å². The maximum atomic E-state index is 12.1. The second-order valence-electron chi connectivity index (χ2n) is 4.00. The van der Waals surface area contributed by atoms with Crippen molar-refractivity contribution in [3.8, 4) is 0 Å². The van der Waals surface area contributed by atoms with E-state index in [1.54, 1.807) is 17.0 Å². The van der Waals surface area contributed by atoms with E-state index in [9.17, 15) is 4.79 Å². The third kappa shape index (κ3) is 2.32. The van der Waals surface area contributed by atoms with Gasteiger partial charge in [-0.2, -0.15) is 0 Å². The lowest BCUT2D eigenvalue weighted by Crippen LogP contribution is -2.52. The minimum atomic E-state index is -0.0599. The first-order valence-electron chi connectivity index (χ1n) is 5.87. The predicted molar refractivity (Wildman–Crippen MR) is 65.2 cm³/mol. The maximum absolute atomic E-state index is 12.1. The molecule has 0 aliphatic carbocycles. The highest BCUT2D eigenvalue weighted by atomic mass is 16.5. The standard InChI is InChI=1S/C11H18N4O2/c1-2-14-4-3-13-10(11(14)16)15-5-6-17-8-9(15)7-12/h3-4,9H,2,5-8,12H2,1H3. The molecule has 1 unspecified atom stereocenters. The van der Waals surface area contributed by atoms with Gasteiger partial charge in [0.15, 0.2) is 5.82 Å². The van der Waals surface area contributed by atoms with Gasteiger partial charge in [0.1, 0.15) is 0 Å². The Morgan fingerprint density at radius 2 is 2.47 bits per heavy atom. The van der Waals surface area contributed by atoms with Crippen LogP contribution in [-0.4, -0.2) is 41.9 Å². The number of morpholine rings is 1. The summed E-state index contributed by atoms with van der Waals surface area (Å²) in [5.41, 5.74) is 5.63. The Kier molecular flexibility index (Phi) is 3.75. The third-order valence-electron chi connectivity index (χ3n) is 3.01. The Hall–Kier alpha value is -1.40. The largest absolute Gasteiger partial charge is 0.377 e. The average Bonchev–Trinajstić information content (AvgIpc) is 2.39. The molecule has 6 nitrogen and oxygen atoms in total. The Labute approximate surface area is 100 Å². The molecule has 94 valence electrons. The van der Waals surface area contributed by atoms with Gasteiger partial charge in [0, 0.05) is 32.0 Å². The van der Waals surface area contributed by atoms with Crippen LogP contribution in [0.3, 0.4) is 0 Å². The fourth-order valence-electron chi connectivity index (χ4n) is 2.01. The first kappa shape index (κ1) is 12.1. The Balaban J connectivity index is 2.35. The number of rotatable bonds is 3. The van der Waals surface area contributed by atoms with E-state index in [0.717, 1.165) is 0 Å². The third-order valence-corrected chi connectivity index (χ3v) is 3.01. The van der Waals surface area contributed by atoms with Crippen LogP contribution in [0.15, 0.2) is 17.2 Å². The fourth-order valence-corrected chi connectivity index (χ4v) is 2.01. The van der Waals surface area contributed by atoms with Crippen molar-refractivity contribution in [2.45, 2.75) is 19.5 Å². The first-order valence-corrected chi connectivity index (χ1v) is 5.87. The van der Waals surface area contributed by atoms with Crippen molar-refractivity contribution in [3.63, 3.8) is 0 Å². The lowest BCUT2D eigenvalue weighted by atomic mass is 10.2. The van der Waals surface area contributed by atoms with Crippen molar-refractivity contribution in [2.24, 2.45) is 5.73 Å². The number of ether oxygens (including phenoxy) is 1. The highest BCUT2D eigenvalue weighted by molar-refractivity contribution is 5.38. The molecule has 0 spiro atoms. The van der Waals surface area contributed by atoms with Crippen molar-refractivity contribution in [3.05, 3.63) is 22.7 Å². The van der Waals surface area contributed by atoms with E-state index in [1.807, 2.05) is 11.8 Å². The fraction of sp³-hybridized carbons (Fsp3) is 0.636. The second-order valence-corrected chi connectivity index (χ2v) is 4.00. The lowest BCUT2D eigenvalue weighted by molar-refractivity contribution is 0.0956. The number of nitrogens with zero attached hydrogens (tertiary/aromatic N) is 3. The van der Waals surface area contributed by atoms with Gasteiger partial charge in [0.2, 0.25) is 0 Å². The van der Waals surface area contributed by atoms with Crippen molar-refractivity contribution in [1.82, 2.24) is 9.55 Å². The van der Waals surface area contributed by atoms with Crippen LogP contribution < -0.4 is 16.2 Å². The number of aryl methyl sites for hydroxylation is 1. The summed E-state index contributed by atoms with van der Waals surface area (Å²) in [4.78, 5) is 18.3. The highest BCUT2D eigenvalue weighted by Crippen LogP contribution is 2.12. The summed E-state index contributed by atoms with van der Waals surface area (Å²) in [7, 11) is 0. The van der Waals surface area contributed by atoms with Crippen LogP contribution in [0.1, 0.15) is 6.92 Å². The van der Waals surface area contributed by atoms with Crippen LogP contribution in [0, 0.1) is 0 Å². The zero-order valence-electron chi connectivity index (χ0n) is 10.0. The van der Waals surface area contributed by atoms with Crippen molar-refractivity contribution in [2.75, 3.05) is 31.2 Å². The van der Waals surface area contributed by atoms with Crippen LogP contribution >= 0.6 is 0 Å². The van der Waals surface area contributed by atoms with Gasteiger partial charge in [-0.05, 0) is 6.92 Å². The van der Waals surface area contributed by atoms with Crippen LogP contribution in [0.5, 0.6) is 0 Å². The van der Waals surface area contributed by atoms with E-state index < -0.39 is 0 Å². The quantitative estimate of drug-likeness (QED) is 0.763. The van der Waals surface area contributed by atoms with E-state index in [4.69, 9.17) is 10.5 Å². The molecule has 0 radical (unpaired) electrons. The maximum Gasteiger partial charge on any atom is 0.293 e. The molecule has 2 heterocycles. The summed E-state index contributed by atoms with van der Waals surface area (Å²) in [6.45, 7) is 4.87. The molecule has 2 N–H and O–H groups in total. The number of hydrogen-bond donors (Lipinski definition) is 1. The van der Waals surface area contributed by atoms with Crippen LogP contribution in [0.25, 0.3) is 0 Å². The number of nitrogens with two attached hydrogens (primary N) is 1. The van der Waals surface area contributed by atoms with Crippen molar-refractivity contribution in [1.29, 1.82) is 0 Å². The molecule has 1 aliphatic rings. The van der Waals surface area contributed by atoms with Crippen LogP contribution in [-0.2, 0) is 11.3 Å². The van der Waals surface area contributed by atoms with E-state index in [2.05, 4.69) is 4.98 Å². The molecule has 1 atom stereocenters. The highest BCUT2D eigenvalue weighted by Gasteiger charge is 2.25. The number of anilines is 1. The molecule has 17 heavy (non-hydrogen) atoms. The Morgan fingerprint density at radius 3 is 3.18 bits per heavy atom. The molecule has 1 aromatic rings. The Morgan fingerprint density at radius 1 is 1.65 bits per heavy atom. The molecule has 0 bridgehead atoms. The number of hydrogen-bond acceptors (Lipinski definition) is 5. The van der Waals surface area contributed by atoms with Gasteiger partial charge < -0.3 is 19.9 Å². The van der Waals surface area contributed by atoms with Crippen molar-refractivity contribution >= 4 is 5.82 Å². The summed E-state index contributed by atoms with van der Waals surface area (Å²) >= 11 is 0. The minimum Gasteiger partial charge on any atom is -0.377 e. The normalized spacial score (nSPS) is 20.6. The van der Waals surface area contributed by atoms with E-state index in [1.165, 1.54) is 0 Å². The van der Waals surface area contributed by atoms with E-state index in [0.29, 0.717) is 38.7 Å². The molecule has 0 amide bonds. The lowest BCUT2D eigenvalue weighted by Gasteiger charge is -2.35. The summed E-state index contributed by atoms with van der Waals surface area (Å²) < 4.78 is 7.01. The summed E-state index contributed by atoms with van der Waals surface area (Å²) in [6.07, 6.45) is 3.35. The second kappa shape index (κ2) is 5.29. The molecular formula is C11H18N4O2. The van der Waals surface area contributed by atoms with Crippen LogP contribution in [0.2, 0.25) is 0 Å². The van der Waals surface area contributed by atoms with Gasteiger partial charge in [-0.25, -0.2) is 4.98 Å². The zero-order chi connectivity index (χ0) is 12.3. The summed E-state index contributed by atoms with van der Waals surface area (Å²) in [5, 5.41) is 0. The van der Waals surface area contributed by atoms with E-state index in [-0.39, 0.29) is 11.6 Å². The zero-order valence-corrected chi connectivity index (χ0v) is 10.0. The minimum absolute atomic E-state index is 0.0386. The smallest absolute Gasteiger partial charge is 0.293 e. The average molecular weight is 238 g/mol. The summed E-state index contributed by atoms with van der Waals surface area (Å²) in [5.74, 6) is 0.480. The predicted octanol–water partition coefficient (Wildman–Crippen LogP) is -0.573. The van der Waals surface area contributed by atoms with Gasteiger partial charge in [0.05, 0.1) is 19.3 Å². The molecule has 1 saturated heterocycles. The molecule has 1 aliphatic heterocycles. The molecule has 1 fully saturated rings. The Bertz CT molecular complexity index is 432. The first-order chi connectivity index (χ1) is 8.27. The molecule has 6 heteroatoms. The monoisotopic (exact) mass is 238 g/mol. The topological polar surface area (TPSA) is 73.4 Å². The van der Waals surface area contributed by atoms with E-state index >= 15 is 0 Å². The van der Waals surface area contributed by atoms with Crippen LogP contribution in [0.4, 0.5) is 5.82 Å². The van der Waals surface area contributed by atoms with Gasteiger partial charge in [-0.3, -0.25) is 4.79 Å².